The van der Waals surface area contributed by atoms with Crippen LogP contribution in [0.15, 0.2) is 182 Å². The lowest BCUT2D eigenvalue weighted by Gasteiger charge is -2.37. The molecule has 0 aliphatic heterocycles. The number of benzene rings is 6. The molecule has 3 N–H and O–H groups in total. The molecule has 0 unspecified atom stereocenters. The van der Waals surface area contributed by atoms with E-state index in [0.717, 1.165) is 45.4 Å². The van der Waals surface area contributed by atoms with Gasteiger partial charge in [-0.05, 0) is 78.8 Å². The molecule has 0 aliphatic rings. The molecule has 0 spiro atoms. The van der Waals surface area contributed by atoms with Gasteiger partial charge in [0.05, 0.1) is 11.1 Å². The van der Waals surface area contributed by atoms with Crippen LogP contribution < -0.4 is 16.0 Å². The summed E-state index contributed by atoms with van der Waals surface area (Å²) in [6, 6.07) is 65.1. The van der Waals surface area contributed by atoms with Crippen LogP contribution >= 0.6 is 0 Å². The molecular weight excluding hydrogens is 583 g/mol. The lowest BCUT2D eigenvalue weighted by atomic mass is 9.77. The van der Waals surface area contributed by atoms with Gasteiger partial charge in [0.15, 0.2) is 0 Å². The van der Waals surface area contributed by atoms with Crippen LogP contribution in [0.5, 0.6) is 0 Å². The fraction of sp³-hybridized carbons (Fsp3) is 0.200. The molecule has 0 aromatic heterocycles. The molecule has 0 fully saturated rings. The average molecular weight is 630 g/mol. The Morgan fingerprint density at radius 2 is 0.500 bits per heavy atom. The zero-order chi connectivity index (χ0) is 32.7. The van der Waals surface area contributed by atoms with Crippen LogP contribution in [-0.4, -0.2) is 26.2 Å². The van der Waals surface area contributed by atoms with Crippen molar-refractivity contribution in [2.45, 2.75) is 30.3 Å². The van der Waals surface area contributed by atoms with Crippen molar-refractivity contribution in [2.75, 3.05) is 26.2 Å². The lowest BCUT2D eigenvalue weighted by molar-refractivity contribution is 0.448. The van der Waals surface area contributed by atoms with E-state index >= 15 is 0 Å². The molecule has 0 radical (unpaired) electrons. The van der Waals surface area contributed by atoms with E-state index in [4.69, 9.17) is 0 Å². The van der Waals surface area contributed by atoms with Gasteiger partial charge in [-0.1, -0.05) is 182 Å². The third-order valence-electron chi connectivity index (χ3n) is 9.33. The molecule has 6 aromatic rings. The van der Waals surface area contributed by atoms with Gasteiger partial charge in [0, 0.05) is 0 Å². The zero-order valence-electron chi connectivity index (χ0n) is 27.8. The minimum atomic E-state index is -0.418. The molecule has 0 saturated carbocycles. The number of nitrogens with one attached hydrogen (secondary N) is 3. The minimum Gasteiger partial charge on any atom is -0.317 e. The number of rotatable bonds is 17. The summed E-state index contributed by atoms with van der Waals surface area (Å²) in [6.07, 6.45) is 3.22. The highest BCUT2D eigenvalue weighted by Gasteiger charge is 2.36. The minimum absolute atomic E-state index is 0.411. The first-order valence-electron chi connectivity index (χ1n) is 17.4. The van der Waals surface area contributed by atoms with Crippen LogP contribution in [0.2, 0.25) is 0 Å². The van der Waals surface area contributed by atoms with Crippen LogP contribution in [0.3, 0.4) is 0 Å². The van der Waals surface area contributed by atoms with Crippen molar-refractivity contribution in [3.63, 3.8) is 0 Å². The molecule has 48 heavy (non-hydrogen) atoms. The van der Waals surface area contributed by atoms with Crippen molar-refractivity contribution in [2.24, 2.45) is 0 Å². The Balaban J connectivity index is 1.05. The highest BCUT2D eigenvalue weighted by atomic mass is 15.0. The van der Waals surface area contributed by atoms with E-state index in [1.54, 1.807) is 0 Å². The molecule has 0 heterocycles. The Morgan fingerprint density at radius 3 is 0.792 bits per heavy atom. The van der Waals surface area contributed by atoms with Crippen molar-refractivity contribution in [3.8, 4) is 0 Å². The van der Waals surface area contributed by atoms with Crippen LogP contribution in [0.25, 0.3) is 0 Å². The van der Waals surface area contributed by atoms with Gasteiger partial charge in [-0.25, -0.2) is 0 Å². The van der Waals surface area contributed by atoms with E-state index in [0.29, 0.717) is 0 Å². The fourth-order valence-corrected chi connectivity index (χ4v) is 7.01. The summed E-state index contributed by atoms with van der Waals surface area (Å²) in [5.41, 5.74) is 6.69. The standard InChI is InChI=1S/C45H47N3/c1-7-22-38(23-8-1)44(39-24-9-2-10-25-39,40-26-11-3-12-27-40)47-36-20-19-34-46-35-21-37-48-45(41-28-13-4-14-29-41,42-30-15-5-16-31-42)43-32-17-6-18-33-43/h1-18,22-33,46-48H,19-21,34-37H2. The first-order chi connectivity index (χ1) is 23.8. The van der Waals surface area contributed by atoms with Crippen LogP contribution in [0, 0.1) is 0 Å². The zero-order valence-corrected chi connectivity index (χ0v) is 27.8. The summed E-state index contributed by atoms with van der Waals surface area (Å²) < 4.78 is 0. The fourth-order valence-electron chi connectivity index (χ4n) is 7.01. The van der Waals surface area contributed by atoms with Crippen molar-refractivity contribution in [1.82, 2.24) is 16.0 Å². The van der Waals surface area contributed by atoms with Gasteiger partial charge in [0.25, 0.3) is 0 Å². The van der Waals surface area contributed by atoms with Gasteiger partial charge >= 0.3 is 0 Å². The second-order valence-electron chi connectivity index (χ2n) is 12.4. The first-order valence-corrected chi connectivity index (χ1v) is 17.4. The van der Waals surface area contributed by atoms with Crippen molar-refractivity contribution < 1.29 is 0 Å². The van der Waals surface area contributed by atoms with E-state index < -0.39 is 11.1 Å². The van der Waals surface area contributed by atoms with E-state index in [1.807, 2.05) is 0 Å². The summed E-state index contributed by atoms with van der Waals surface area (Å²) in [5.74, 6) is 0. The normalized spacial score (nSPS) is 11.8. The monoisotopic (exact) mass is 629 g/mol. The summed E-state index contributed by atoms with van der Waals surface area (Å²) >= 11 is 0. The summed E-state index contributed by atoms with van der Waals surface area (Å²) in [7, 11) is 0. The van der Waals surface area contributed by atoms with E-state index in [-0.39, 0.29) is 0 Å². The van der Waals surface area contributed by atoms with Gasteiger partial charge in [0.1, 0.15) is 0 Å². The number of hydrogen-bond acceptors (Lipinski definition) is 3. The predicted molar refractivity (Wildman–Crippen MR) is 201 cm³/mol. The van der Waals surface area contributed by atoms with E-state index in [2.05, 4.69) is 198 Å². The Hall–Kier alpha value is -4.80. The molecule has 0 bridgehead atoms. The second kappa shape index (κ2) is 16.9. The second-order valence-corrected chi connectivity index (χ2v) is 12.4. The molecule has 0 saturated heterocycles. The first kappa shape index (κ1) is 33.1. The molecular formula is C45H47N3. The molecule has 242 valence electrons. The summed E-state index contributed by atoms with van der Waals surface area (Å²) in [5, 5.41) is 11.7. The largest absolute Gasteiger partial charge is 0.317 e. The molecule has 0 atom stereocenters. The van der Waals surface area contributed by atoms with Crippen LogP contribution in [-0.2, 0) is 11.1 Å². The van der Waals surface area contributed by atoms with Gasteiger partial charge < -0.3 is 5.32 Å². The molecule has 0 aliphatic carbocycles. The Bertz CT molecular complexity index is 1410. The highest BCUT2D eigenvalue weighted by molar-refractivity contribution is 5.50. The van der Waals surface area contributed by atoms with Crippen molar-refractivity contribution >= 4 is 0 Å². The lowest BCUT2D eigenvalue weighted by Crippen LogP contribution is -2.45. The quantitative estimate of drug-likeness (QED) is 0.0697. The highest BCUT2D eigenvalue weighted by Crippen LogP contribution is 2.38. The summed E-state index contributed by atoms with van der Waals surface area (Å²) in [6.45, 7) is 3.77. The predicted octanol–water partition coefficient (Wildman–Crippen LogP) is 8.91. The Morgan fingerprint density at radius 1 is 0.271 bits per heavy atom. The van der Waals surface area contributed by atoms with Gasteiger partial charge in [-0.3, -0.25) is 10.6 Å². The average Bonchev–Trinajstić information content (AvgIpc) is 3.18. The van der Waals surface area contributed by atoms with Crippen LogP contribution in [0.1, 0.15) is 52.6 Å². The number of unbranched alkanes of at least 4 members (excludes halogenated alkanes) is 1. The molecule has 3 nitrogen and oxygen atoms in total. The molecule has 0 amide bonds. The van der Waals surface area contributed by atoms with Gasteiger partial charge in [0.2, 0.25) is 0 Å². The van der Waals surface area contributed by atoms with E-state index in [9.17, 15) is 0 Å². The maximum atomic E-state index is 4.02. The van der Waals surface area contributed by atoms with E-state index in [1.165, 1.54) is 33.4 Å². The third kappa shape index (κ3) is 7.50. The van der Waals surface area contributed by atoms with Crippen LogP contribution in [0.4, 0.5) is 0 Å². The smallest absolute Gasteiger partial charge is 0.0947 e. The Labute approximate surface area is 287 Å². The maximum absolute atomic E-state index is 4.02. The summed E-state index contributed by atoms with van der Waals surface area (Å²) in [4.78, 5) is 0. The molecule has 6 rings (SSSR count). The van der Waals surface area contributed by atoms with Gasteiger partial charge in [-0.2, -0.15) is 0 Å². The Kier molecular flexibility index (Phi) is 11.6. The molecule has 6 aromatic carbocycles. The SMILES string of the molecule is c1ccc(C(NCCCCNCCCNC(c2ccccc2)(c2ccccc2)c2ccccc2)(c2ccccc2)c2ccccc2)cc1. The maximum Gasteiger partial charge on any atom is 0.0947 e. The van der Waals surface area contributed by atoms with Gasteiger partial charge in [-0.15, -0.1) is 0 Å². The topological polar surface area (TPSA) is 36.1 Å². The molecule has 3 heteroatoms. The van der Waals surface area contributed by atoms with Crippen molar-refractivity contribution in [1.29, 1.82) is 0 Å². The number of hydrogen-bond donors (Lipinski definition) is 3. The van der Waals surface area contributed by atoms with Crippen molar-refractivity contribution in [3.05, 3.63) is 215 Å². The third-order valence-corrected chi connectivity index (χ3v) is 9.33.